The van der Waals surface area contributed by atoms with Crippen molar-refractivity contribution in [2.24, 2.45) is 4.99 Å². The quantitative estimate of drug-likeness (QED) is 0.492. The largest absolute Gasteiger partial charge is 0.356 e. The molecule has 0 amide bonds. The summed E-state index contributed by atoms with van der Waals surface area (Å²) in [5.74, 6) is 0.816. The summed E-state index contributed by atoms with van der Waals surface area (Å²) in [6, 6.07) is 8.87. The van der Waals surface area contributed by atoms with Crippen molar-refractivity contribution in [3.05, 3.63) is 48.0 Å². The number of rotatable bonds is 5. The summed E-state index contributed by atoms with van der Waals surface area (Å²) in [5, 5.41) is 6.44. The van der Waals surface area contributed by atoms with Crippen molar-refractivity contribution in [1.29, 1.82) is 0 Å². The van der Waals surface area contributed by atoms with Crippen LogP contribution in [0.2, 0.25) is 0 Å². The molecule has 0 aliphatic rings. The molecule has 1 aromatic carbocycles. The Morgan fingerprint density at radius 2 is 1.85 bits per heavy atom. The molecule has 3 heteroatoms. The van der Waals surface area contributed by atoms with E-state index in [-0.39, 0.29) is 5.41 Å². The monoisotopic (exact) mass is 273 g/mol. The zero-order valence-electron chi connectivity index (χ0n) is 13.2. The summed E-state index contributed by atoms with van der Waals surface area (Å²) in [6.45, 7) is 12.0. The van der Waals surface area contributed by atoms with Gasteiger partial charge in [0.05, 0.1) is 0 Å². The fourth-order valence-corrected chi connectivity index (χ4v) is 1.89. The molecule has 0 fully saturated rings. The van der Waals surface area contributed by atoms with E-state index in [2.05, 4.69) is 67.2 Å². The average Bonchev–Trinajstić information content (AvgIpc) is 2.42. The number of aliphatic imine (C=N–C) groups is 1. The van der Waals surface area contributed by atoms with Crippen LogP contribution in [-0.2, 0) is 11.8 Å². The van der Waals surface area contributed by atoms with Gasteiger partial charge in [-0.3, -0.25) is 4.99 Å². The molecule has 110 valence electrons. The zero-order valence-corrected chi connectivity index (χ0v) is 13.2. The van der Waals surface area contributed by atoms with Gasteiger partial charge in [0.25, 0.3) is 0 Å². The highest BCUT2D eigenvalue weighted by Gasteiger charge is 2.12. The molecule has 0 radical (unpaired) electrons. The predicted octanol–water partition coefficient (Wildman–Crippen LogP) is 2.88. The predicted molar refractivity (Wildman–Crippen MR) is 88.4 cm³/mol. The highest BCUT2D eigenvalue weighted by atomic mass is 15.2. The molecule has 1 rings (SSSR count). The van der Waals surface area contributed by atoms with Gasteiger partial charge in [0.1, 0.15) is 0 Å². The molecule has 20 heavy (non-hydrogen) atoms. The van der Waals surface area contributed by atoms with Crippen LogP contribution in [0.4, 0.5) is 0 Å². The molecular formula is C17H27N3. The number of benzene rings is 1. The molecule has 0 unspecified atom stereocenters. The zero-order chi connectivity index (χ0) is 15.0. The van der Waals surface area contributed by atoms with Crippen LogP contribution in [-0.4, -0.2) is 26.1 Å². The van der Waals surface area contributed by atoms with Gasteiger partial charge in [0, 0.05) is 20.1 Å². The maximum absolute atomic E-state index is 4.15. The number of nitrogens with one attached hydrogen (secondary N) is 2. The topological polar surface area (TPSA) is 36.4 Å². The van der Waals surface area contributed by atoms with E-state index in [1.807, 2.05) is 6.08 Å². The summed E-state index contributed by atoms with van der Waals surface area (Å²) in [7, 11) is 1.77. The summed E-state index contributed by atoms with van der Waals surface area (Å²) in [6.07, 6.45) is 2.80. The minimum Gasteiger partial charge on any atom is -0.356 e. The third kappa shape index (κ3) is 5.47. The lowest BCUT2D eigenvalue weighted by atomic mass is 9.86. The first-order chi connectivity index (χ1) is 9.47. The van der Waals surface area contributed by atoms with E-state index in [1.165, 1.54) is 11.1 Å². The van der Waals surface area contributed by atoms with Crippen molar-refractivity contribution in [2.75, 3.05) is 20.1 Å². The SMILES string of the molecule is C=CCNC(=NC)NCCc1ccc(C(C)(C)C)cc1. The normalized spacial score (nSPS) is 12.1. The van der Waals surface area contributed by atoms with Crippen molar-refractivity contribution in [3.8, 4) is 0 Å². The van der Waals surface area contributed by atoms with Gasteiger partial charge in [-0.2, -0.15) is 0 Å². The maximum atomic E-state index is 4.15. The standard InChI is InChI=1S/C17H27N3/c1-6-12-19-16(18-5)20-13-11-14-7-9-15(10-8-14)17(2,3)4/h6-10H,1,11-13H2,2-5H3,(H2,18,19,20). The lowest BCUT2D eigenvalue weighted by Gasteiger charge is -2.19. The van der Waals surface area contributed by atoms with Gasteiger partial charge in [-0.1, -0.05) is 51.1 Å². The Morgan fingerprint density at radius 3 is 2.35 bits per heavy atom. The van der Waals surface area contributed by atoms with Gasteiger partial charge in [-0.15, -0.1) is 6.58 Å². The molecule has 3 nitrogen and oxygen atoms in total. The summed E-state index contributed by atoms with van der Waals surface area (Å²) in [4.78, 5) is 4.15. The maximum Gasteiger partial charge on any atom is 0.191 e. The third-order valence-electron chi connectivity index (χ3n) is 3.16. The molecule has 0 atom stereocenters. The van der Waals surface area contributed by atoms with Crippen LogP contribution in [0.5, 0.6) is 0 Å². The van der Waals surface area contributed by atoms with Crippen LogP contribution in [0, 0.1) is 0 Å². The Kier molecular flexibility index (Phi) is 6.29. The van der Waals surface area contributed by atoms with Gasteiger partial charge in [-0.05, 0) is 23.0 Å². The molecule has 2 N–H and O–H groups in total. The highest BCUT2D eigenvalue weighted by Crippen LogP contribution is 2.22. The summed E-state index contributed by atoms with van der Waals surface area (Å²) >= 11 is 0. The van der Waals surface area contributed by atoms with Crippen molar-refractivity contribution in [3.63, 3.8) is 0 Å². The molecule has 0 aliphatic heterocycles. The highest BCUT2D eigenvalue weighted by molar-refractivity contribution is 5.79. The van der Waals surface area contributed by atoms with E-state index in [4.69, 9.17) is 0 Å². The van der Waals surface area contributed by atoms with Gasteiger partial charge in [-0.25, -0.2) is 0 Å². The first-order valence-electron chi connectivity index (χ1n) is 7.12. The van der Waals surface area contributed by atoms with Crippen molar-refractivity contribution >= 4 is 5.96 Å². The van der Waals surface area contributed by atoms with Gasteiger partial charge in [0.15, 0.2) is 5.96 Å². The number of nitrogens with zero attached hydrogens (tertiary/aromatic N) is 1. The van der Waals surface area contributed by atoms with Crippen LogP contribution in [0.15, 0.2) is 41.9 Å². The summed E-state index contributed by atoms with van der Waals surface area (Å²) in [5.41, 5.74) is 2.93. The number of guanidine groups is 1. The van der Waals surface area contributed by atoms with E-state index in [9.17, 15) is 0 Å². The lowest BCUT2D eigenvalue weighted by Crippen LogP contribution is -2.38. The molecule has 0 aromatic heterocycles. The second-order valence-corrected chi connectivity index (χ2v) is 5.87. The van der Waals surface area contributed by atoms with Gasteiger partial charge in [0.2, 0.25) is 0 Å². The van der Waals surface area contributed by atoms with E-state index in [0.29, 0.717) is 0 Å². The Balaban J connectivity index is 2.44. The van der Waals surface area contributed by atoms with Crippen LogP contribution in [0.3, 0.4) is 0 Å². The van der Waals surface area contributed by atoms with E-state index in [0.717, 1.165) is 25.5 Å². The molecule has 0 aliphatic carbocycles. The Hall–Kier alpha value is -1.77. The van der Waals surface area contributed by atoms with Crippen molar-refractivity contribution in [2.45, 2.75) is 32.6 Å². The second kappa shape index (κ2) is 7.73. The van der Waals surface area contributed by atoms with Crippen LogP contribution < -0.4 is 10.6 Å². The molecule has 1 aromatic rings. The molecule has 0 saturated heterocycles. The Labute approximate surface area is 123 Å². The van der Waals surface area contributed by atoms with E-state index in [1.54, 1.807) is 7.05 Å². The average molecular weight is 273 g/mol. The van der Waals surface area contributed by atoms with Gasteiger partial charge < -0.3 is 10.6 Å². The Bertz CT molecular complexity index is 438. The number of hydrogen-bond acceptors (Lipinski definition) is 1. The van der Waals surface area contributed by atoms with E-state index >= 15 is 0 Å². The van der Waals surface area contributed by atoms with E-state index < -0.39 is 0 Å². The van der Waals surface area contributed by atoms with Crippen LogP contribution in [0.25, 0.3) is 0 Å². The minimum absolute atomic E-state index is 0.216. The summed E-state index contributed by atoms with van der Waals surface area (Å²) < 4.78 is 0. The van der Waals surface area contributed by atoms with Gasteiger partial charge >= 0.3 is 0 Å². The molecule has 0 heterocycles. The first kappa shape index (κ1) is 16.3. The van der Waals surface area contributed by atoms with Crippen LogP contribution in [0.1, 0.15) is 31.9 Å². The van der Waals surface area contributed by atoms with Crippen molar-refractivity contribution < 1.29 is 0 Å². The second-order valence-electron chi connectivity index (χ2n) is 5.87. The van der Waals surface area contributed by atoms with Crippen LogP contribution >= 0.6 is 0 Å². The molecule has 0 bridgehead atoms. The lowest BCUT2D eigenvalue weighted by molar-refractivity contribution is 0.590. The fourth-order valence-electron chi connectivity index (χ4n) is 1.89. The molecule has 0 spiro atoms. The molecular weight excluding hydrogens is 246 g/mol. The Morgan fingerprint density at radius 1 is 1.20 bits per heavy atom. The molecule has 0 saturated carbocycles. The smallest absolute Gasteiger partial charge is 0.191 e. The first-order valence-corrected chi connectivity index (χ1v) is 7.12. The third-order valence-corrected chi connectivity index (χ3v) is 3.16. The number of hydrogen-bond donors (Lipinski definition) is 2. The fraction of sp³-hybridized carbons (Fsp3) is 0.471. The minimum atomic E-state index is 0.216. The van der Waals surface area contributed by atoms with Crippen molar-refractivity contribution in [1.82, 2.24) is 10.6 Å².